The van der Waals surface area contributed by atoms with Gasteiger partial charge in [0.05, 0.1) is 6.54 Å². The molecule has 0 radical (unpaired) electrons. The predicted octanol–water partition coefficient (Wildman–Crippen LogP) is 2.45. The zero-order chi connectivity index (χ0) is 9.52. The second-order valence-corrected chi connectivity index (χ2v) is 3.09. The van der Waals surface area contributed by atoms with E-state index in [0.717, 1.165) is 18.1 Å². The summed E-state index contributed by atoms with van der Waals surface area (Å²) < 4.78 is 0. The van der Waals surface area contributed by atoms with Crippen LogP contribution in [-0.2, 0) is 6.54 Å². The van der Waals surface area contributed by atoms with Gasteiger partial charge in [0, 0.05) is 11.6 Å². The van der Waals surface area contributed by atoms with Crippen molar-refractivity contribution in [2.45, 2.75) is 13.5 Å². The third-order valence-electron chi connectivity index (χ3n) is 1.63. The molecule has 0 aromatic heterocycles. The highest BCUT2D eigenvalue weighted by Gasteiger charge is 1.90. The largest absolute Gasteiger partial charge is 0.302 e. The highest BCUT2D eigenvalue weighted by Crippen LogP contribution is 2.08. The average molecular weight is 194 g/mol. The summed E-state index contributed by atoms with van der Waals surface area (Å²) >= 11 is 5.75. The van der Waals surface area contributed by atoms with E-state index in [1.807, 2.05) is 31.2 Å². The second kappa shape index (κ2) is 5.64. The first-order valence-corrected chi connectivity index (χ1v) is 4.55. The molecule has 1 N–H and O–H groups in total. The highest BCUT2D eigenvalue weighted by atomic mass is 35.5. The molecular weight excluding hydrogens is 182 g/mol. The lowest BCUT2D eigenvalue weighted by Gasteiger charge is -2.00. The molecule has 1 rings (SSSR count). The van der Waals surface area contributed by atoms with Gasteiger partial charge >= 0.3 is 0 Å². The van der Waals surface area contributed by atoms with Crippen molar-refractivity contribution in [2.75, 3.05) is 6.54 Å². The summed E-state index contributed by atoms with van der Waals surface area (Å²) in [4.78, 5) is 0. The number of nitrogens with one attached hydrogen (secondary N) is 1. The standard InChI is InChI=1S/C11H12ClN/c1-2-3-8-13-9-10-4-6-11(12)7-5-10/h4-7,13H,8-9H2,1H3. The van der Waals surface area contributed by atoms with Gasteiger partial charge in [-0.15, -0.1) is 5.92 Å². The summed E-state index contributed by atoms with van der Waals surface area (Å²) in [5.74, 6) is 5.77. The number of hydrogen-bond donors (Lipinski definition) is 1. The molecule has 13 heavy (non-hydrogen) atoms. The first kappa shape index (κ1) is 10.1. The maximum atomic E-state index is 5.75. The molecule has 0 spiro atoms. The molecule has 2 heteroatoms. The van der Waals surface area contributed by atoms with Gasteiger partial charge in [-0.2, -0.15) is 0 Å². The molecule has 0 bridgehead atoms. The quantitative estimate of drug-likeness (QED) is 0.575. The maximum Gasteiger partial charge on any atom is 0.0578 e. The Balaban J connectivity index is 2.36. The molecule has 1 nitrogen and oxygen atoms in total. The van der Waals surface area contributed by atoms with Gasteiger partial charge in [0.15, 0.2) is 0 Å². The molecule has 0 aliphatic carbocycles. The minimum atomic E-state index is 0.735. The summed E-state index contributed by atoms with van der Waals surface area (Å²) in [5.41, 5.74) is 1.22. The highest BCUT2D eigenvalue weighted by molar-refractivity contribution is 6.30. The van der Waals surface area contributed by atoms with Gasteiger partial charge in [-0.05, 0) is 24.6 Å². The lowest BCUT2D eigenvalue weighted by molar-refractivity contribution is 0.770. The van der Waals surface area contributed by atoms with Gasteiger partial charge in [-0.1, -0.05) is 29.7 Å². The lowest BCUT2D eigenvalue weighted by Crippen LogP contribution is -2.12. The zero-order valence-corrected chi connectivity index (χ0v) is 8.36. The molecule has 0 saturated carbocycles. The van der Waals surface area contributed by atoms with Crippen molar-refractivity contribution in [3.63, 3.8) is 0 Å². The van der Waals surface area contributed by atoms with Crippen molar-refractivity contribution in [2.24, 2.45) is 0 Å². The molecule has 0 fully saturated rings. The van der Waals surface area contributed by atoms with Crippen molar-refractivity contribution in [1.29, 1.82) is 0 Å². The monoisotopic (exact) mass is 193 g/mol. The van der Waals surface area contributed by atoms with E-state index in [0.29, 0.717) is 0 Å². The van der Waals surface area contributed by atoms with Crippen LogP contribution < -0.4 is 5.32 Å². The van der Waals surface area contributed by atoms with Crippen LogP contribution in [0.3, 0.4) is 0 Å². The Morgan fingerprint density at radius 3 is 2.62 bits per heavy atom. The smallest absolute Gasteiger partial charge is 0.0578 e. The predicted molar refractivity (Wildman–Crippen MR) is 56.6 cm³/mol. The number of halogens is 1. The number of benzene rings is 1. The average Bonchev–Trinajstić information content (AvgIpc) is 2.15. The fourth-order valence-corrected chi connectivity index (χ4v) is 1.09. The molecule has 0 aliphatic rings. The molecule has 68 valence electrons. The van der Waals surface area contributed by atoms with E-state index in [1.54, 1.807) is 0 Å². The van der Waals surface area contributed by atoms with Gasteiger partial charge in [0.2, 0.25) is 0 Å². The van der Waals surface area contributed by atoms with E-state index < -0.39 is 0 Å². The van der Waals surface area contributed by atoms with Crippen LogP contribution >= 0.6 is 11.6 Å². The summed E-state index contributed by atoms with van der Waals surface area (Å²) in [5, 5.41) is 3.98. The fourth-order valence-electron chi connectivity index (χ4n) is 0.960. The van der Waals surface area contributed by atoms with Crippen LogP contribution in [0.2, 0.25) is 5.02 Å². The van der Waals surface area contributed by atoms with Gasteiger partial charge in [0.1, 0.15) is 0 Å². The normalized spacial score (nSPS) is 9.08. The van der Waals surface area contributed by atoms with Crippen LogP contribution in [0.4, 0.5) is 0 Å². The van der Waals surface area contributed by atoms with Crippen LogP contribution in [0.25, 0.3) is 0 Å². The maximum absolute atomic E-state index is 5.75. The number of hydrogen-bond acceptors (Lipinski definition) is 1. The Bertz CT molecular complexity index is 305. The third kappa shape index (κ3) is 3.98. The zero-order valence-electron chi connectivity index (χ0n) is 7.60. The SMILES string of the molecule is CC#CCNCc1ccc(Cl)cc1. The van der Waals surface area contributed by atoms with E-state index in [2.05, 4.69) is 17.2 Å². The van der Waals surface area contributed by atoms with Gasteiger partial charge < -0.3 is 5.32 Å². The first-order valence-electron chi connectivity index (χ1n) is 4.17. The van der Waals surface area contributed by atoms with Crippen molar-refractivity contribution in [3.8, 4) is 11.8 Å². The Morgan fingerprint density at radius 2 is 2.00 bits per heavy atom. The Labute approximate surface area is 84.1 Å². The van der Waals surface area contributed by atoms with Crippen LogP contribution in [0.15, 0.2) is 24.3 Å². The topological polar surface area (TPSA) is 12.0 Å². The van der Waals surface area contributed by atoms with Crippen LogP contribution in [0.5, 0.6) is 0 Å². The number of rotatable bonds is 3. The molecule has 0 aliphatic heterocycles. The van der Waals surface area contributed by atoms with E-state index in [-0.39, 0.29) is 0 Å². The molecule has 0 atom stereocenters. The lowest BCUT2D eigenvalue weighted by atomic mass is 10.2. The minimum absolute atomic E-state index is 0.735. The Kier molecular flexibility index (Phi) is 4.39. The van der Waals surface area contributed by atoms with E-state index in [4.69, 9.17) is 11.6 Å². The van der Waals surface area contributed by atoms with Gasteiger partial charge in [0.25, 0.3) is 0 Å². The molecule has 0 saturated heterocycles. The summed E-state index contributed by atoms with van der Waals surface area (Å²) in [6, 6.07) is 7.80. The summed E-state index contributed by atoms with van der Waals surface area (Å²) in [7, 11) is 0. The van der Waals surface area contributed by atoms with Crippen molar-refractivity contribution in [3.05, 3.63) is 34.9 Å². The molecular formula is C11H12ClN. The van der Waals surface area contributed by atoms with Crippen LogP contribution in [0.1, 0.15) is 12.5 Å². The molecule has 0 unspecified atom stereocenters. The van der Waals surface area contributed by atoms with Crippen molar-refractivity contribution >= 4 is 11.6 Å². The van der Waals surface area contributed by atoms with Crippen molar-refractivity contribution in [1.82, 2.24) is 5.32 Å². The van der Waals surface area contributed by atoms with Crippen LogP contribution in [-0.4, -0.2) is 6.54 Å². The Hall–Kier alpha value is -0.970. The fraction of sp³-hybridized carbons (Fsp3) is 0.273. The summed E-state index contributed by atoms with van der Waals surface area (Å²) in [6.45, 7) is 3.41. The van der Waals surface area contributed by atoms with Crippen LogP contribution in [0, 0.1) is 11.8 Å². The molecule has 0 amide bonds. The molecule has 1 aromatic rings. The van der Waals surface area contributed by atoms with E-state index in [1.165, 1.54) is 5.56 Å². The second-order valence-electron chi connectivity index (χ2n) is 2.66. The summed E-state index contributed by atoms with van der Waals surface area (Å²) in [6.07, 6.45) is 0. The van der Waals surface area contributed by atoms with Crippen molar-refractivity contribution < 1.29 is 0 Å². The molecule has 0 heterocycles. The van der Waals surface area contributed by atoms with E-state index in [9.17, 15) is 0 Å². The van der Waals surface area contributed by atoms with E-state index >= 15 is 0 Å². The van der Waals surface area contributed by atoms with Gasteiger partial charge in [-0.3, -0.25) is 0 Å². The Morgan fingerprint density at radius 1 is 1.31 bits per heavy atom. The third-order valence-corrected chi connectivity index (χ3v) is 1.88. The molecule has 1 aromatic carbocycles. The first-order chi connectivity index (χ1) is 6.33. The minimum Gasteiger partial charge on any atom is -0.302 e. The van der Waals surface area contributed by atoms with Gasteiger partial charge in [-0.25, -0.2) is 0 Å².